The van der Waals surface area contributed by atoms with Crippen LogP contribution in [0.3, 0.4) is 0 Å². The Morgan fingerprint density at radius 1 is 0.700 bits per heavy atom. The Kier molecular flexibility index (Phi) is 7.49. The van der Waals surface area contributed by atoms with Gasteiger partial charge >= 0.3 is 0 Å². The summed E-state index contributed by atoms with van der Waals surface area (Å²) in [6.07, 6.45) is 6.91. The molecule has 1 aliphatic rings. The molecule has 0 amide bonds. The van der Waals surface area contributed by atoms with Crippen molar-refractivity contribution in [1.29, 1.82) is 0 Å². The molecule has 30 heavy (non-hydrogen) atoms. The van der Waals surface area contributed by atoms with Gasteiger partial charge in [-0.2, -0.15) is 0 Å². The van der Waals surface area contributed by atoms with Crippen LogP contribution in [0.15, 0.2) is 97.1 Å². The third-order valence-corrected chi connectivity index (χ3v) is 5.94. The molecule has 2 nitrogen and oxygen atoms in total. The maximum Gasteiger partial charge on any atom is 0.0237 e. The van der Waals surface area contributed by atoms with Crippen LogP contribution in [0.4, 0.5) is 0 Å². The molecule has 3 aromatic rings. The number of allylic oxidation sites excluding steroid dienone is 1. The van der Waals surface area contributed by atoms with Crippen LogP contribution >= 0.6 is 0 Å². The third-order valence-electron chi connectivity index (χ3n) is 5.94. The zero-order valence-electron chi connectivity index (χ0n) is 17.7. The van der Waals surface area contributed by atoms with Crippen LogP contribution in [0, 0.1) is 0 Å². The van der Waals surface area contributed by atoms with E-state index in [0.29, 0.717) is 6.04 Å². The number of hydrogen-bond acceptors (Lipinski definition) is 2. The highest BCUT2D eigenvalue weighted by molar-refractivity contribution is 5.48. The molecule has 0 spiro atoms. The topological polar surface area (TPSA) is 6.48 Å². The summed E-state index contributed by atoms with van der Waals surface area (Å²) in [5.74, 6) is 0. The highest BCUT2D eigenvalue weighted by Crippen LogP contribution is 2.20. The fourth-order valence-electron chi connectivity index (χ4n) is 4.31. The standard InChI is InChI=1S/C28H32N2/c1-4-12-25(13-5-1)14-10-11-19-28-24-29(22-26-15-6-2-7-16-26)20-21-30(28)23-27-17-8-3-9-18-27/h1-10,12-18,28H,11,19-24H2. The Morgan fingerprint density at radius 3 is 1.97 bits per heavy atom. The van der Waals surface area contributed by atoms with E-state index in [9.17, 15) is 0 Å². The van der Waals surface area contributed by atoms with Gasteiger partial charge in [-0.1, -0.05) is 103 Å². The van der Waals surface area contributed by atoms with Gasteiger partial charge in [0.25, 0.3) is 0 Å². The van der Waals surface area contributed by atoms with Crippen LogP contribution in [0.2, 0.25) is 0 Å². The number of nitrogens with zero attached hydrogens (tertiary/aromatic N) is 2. The summed E-state index contributed by atoms with van der Waals surface area (Å²) >= 11 is 0. The van der Waals surface area contributed by atoms with E-state index in [2.05, 4.69) is 113 Å². The molecule has 1 saturated heterocycles. The number of hydrogen-bond donors (Lipinski definition) is 0. The maximum absolute atomic E-state index is 2.69. The molecule has 1 fully saturated rings. The largest absolute Gasteiger partial charge is 0.296 e. The van der Waals surface area contributed by atoms with Gasteiger partial charge in [0, 0.05) is 38.8 Å². The highest BCUT2D eigenvalue weighted by Gasteiger charge is 2.26. The van der Waals surface area contributed by atoms with Crippen LogP contribution in [0.5, 0.6) is 0 Å². The lowest BCUT2D eigenvalue weighted by atomic mass is 10.0. The van der Waals surface area contributed by atoms with Crippen molar-refractivity contribution < 1.29 is 0 Å². The molecule has 1 heterocycles. The molecule has 0 bridgehead atoms. The number of benzene rings is 3. The summed E-state index contributed by atoms with van der Waals surface area (Å²) < 4.78 is 0. The molecule has 4 rings (SSSR count). The lowest BCUT2D eigenvalue weighted by Crippen LogP contribution is -2.52. The smallest absolute Gasteiger partial charge is 0.0237 e. The van der Waals surface area contributed by atoms with Crippen molar-refractivity contribution in [3.8, 4) is 0 Å². The molecule has 1 atom stereocenters. The van der Waals surface area contributed by atoms with Gasteiger partial charge in [0.15, 0.2) is 0 Å². The molecular formula is C28H32N2. The minimum Gasteiger partial charge on any atom is -0.296 e. The van der Waals surface area contributed by atoms with Crippen LogP contribution in [-0.2, 0) is 13.1 Å². The Morgan fingerprint density at radius 2 is 1.30 bits per heavy atom. The fourth-order valence-corrected chi connectivity index (χ4v) is 4.31. The monoisotopic (exact) mass is 396 g/mol. The first-order valence-corrected chi connectivity index (χ1v) is 11.1. The molecule has 0 radical (unpaired) electrons. The second-order valence-corrected chi connectivity index (χ2v) is 8.22. The van der Waals surface area contributed by atoms with Crippen LogP contribution < -0.4 is 0 Å². The van der Waals surface area contributed by atoms with Gasteiger partial charge in [-0.3, -0.25) is 9.80 Å². The normalized spacial score (nSPS) is 18.1. The van der Waals surface area contributed by atoms with E-state index >= 15 is 0 Å². The summed E-state index contributed by atoms with van der Waals surface area (Å²) in [5.41, 5.74) is 4.11. The molecule has 2 heteroatoms. The molecule has 0 aromatic heterocycles. The zero-order chi connectivity index (χ0) is 20.4. The van der Waals surface area contributed by atoms with Crippen molar-refractivity contribution in [3.05, 3.63) is 114 Å². The first kappa shape index (κ1) is 20.6. The molecule has 3 aromatic carbocycles. The zero-order valence-corrected chi connectivity index (χ0v) is 17.7. The van der Waals surface area contributed by atoms with Crippen LogP contribution in [-0.4, -0.2) is 35.5 Å². The Bertz CT molecular complexity index is 890. The van der Waals surface area contributed by atoms with Crippen LogP contribution in [0.1, 0.15) is 29.5 Å². The van der Waals surface area contributed by atoms with Crippen molar-refractivity contribution >= 4 is 6.08 Å². The van der Waals surface area contributed by atoms with E-state index in [1.165, 1.54) is 23.1 Å². The summed E-state index contributed by atoms with van der Waals surface area (Å²) in [7, 11) is 0. The average Bonchev–Trinajstić information content (AvgIpc) is 2.80. The van der Waals surface area contributed by atoms with Gasteiger partial charge in [-0.05, 0) is 29.5 Å². The number of piperazine rings is 1. The van der Waals surface area contributed by atoms with Crippen LogP contribution in [0.25, 0.3) is 6.08 Å². The molecular weight excluding hydrogens is 364 g/mol. The predicted molar refractivity (Wildman–Crippen MR) is 127 cm³/mol. The van der Waals surface area contributed by atoms with Crippen molar-refractivity contribution in [2.45, 2.75) is 32.0 Å². The van der Waals surface area contributed by atoms with Crippen molar-refractivity contribution in [1.82, 2.24) is 9.80 Å². The minimum absolute atomic E-state index is 0.586. The number of rotatable bonds is 8. The first-order valence-electron chi connectivity index (χ1n) is 11.1. The maximum atomic E-state index is 2.69. The SMILES string of the molecule is C(=Cc1ccccc1)CCC1CN(Cc2ccccc2)CCN1Cc1ccccc1. The molecule has 1 aliphatic heterocycles. The molecule has 1 unspecified atom stereocenters. The second kappa shape index (κ2) is 10.9. The molecule has 0 N–H and O–H groups in total. The quantitative estimate of drug-likeness (QED) is 0.470. The molecule has 0 aliphatic carbocycles. The molecule has 154 valence electrons. The average molecular weight is 397 g/mol. The van der Waals surface area contributed by atoms with Gasteiger partial charge in [-0.25, -0.2) is 0 Å². The van der Waals surface area contributed by atoms with Gasteiger partial charge in [-0.15, -0.1) is 0 Å². The van der Waals surface area contributed by atoms with E-state index in [-0.39, 0.29) is 0 Å². The lowest BCUT2D eigenvalue weighted by Gasteiger charge is -2.41. The Balaban J connectivity index is 1.38. The van der Waals surface area contributed by atoms with Crippen molar-refractivity contribution in [3.63, 3.8) is 0 Å². The lowest BCUT2D eigenvalue weighted by molar-refractivity contribution is 0.0600. The minimum atomic E-state index is 0.586. The Labute approximate surface area is 181 Å². The van der Waals surface area contributed by atoms with E-state index in [1.807, 2.05) is 0 Å². The summed E-state index contributed by atoms with van der Waals surface area (Å²) in [6.45, 7) is 5.51. The first-order chi connectivity index (χ1) is 14.9. The molecule has 0 saturated carbocycles. The van der Waals surface area contributed by atoms with Gasteiger partial charge in [0.2, 0.25) is 0 Å². The van der Waals surface area contributed by atoms with E-state index in [4.69, 9.17) is 0 Å². The van der Waals surface area contributed by atoms with Crippen molar-refractivity contribution in [2.75, 3.05) is 19.6 Å². The van der Waals surface area contributed by atoms with Gasteiger partial charge in [0.05, 0.1) is 0 Å². The fraction of sp³-hybridized carbons (Fsp3) is 0.286. The Hall–Kier alpha value is -2.68. The summed E-state index contributed by atoms with van der Waals surface area (Å²) in [5, 5.41) is 0. The van der Waals surface area contributed by atoms with Gasteiger partial charge in [0.1, 0.15) is 0 Å². The predicted octanol–water partition coefficient (Wildman–Crippen LogP) is 5.87. The van der Waals surface area contributed by atoms with E-state index < -0.39 is 0 Å². The second-order valence-electron chi connectivity index (χ2n) is 8.22. The van der Waals surface area contributed by atoms with Crippen molar-refractivity contribution in [2.24, 2.45) is 0 Å². The highest BCUT2D eigenvalue weighted by atomic mass is 15.3. The summed E-state index contributed by atoms with van der Waals surface area (Å²) in [4.78, 5) is 5.32. The van der Waals surface area contributed by atoms with E-state index in [1.54, 1.807) is 0 Å². The van der Waals surface area contributed by atoms with Gasteiger partial charge < -0.3 is 0 Å². The third kappa shape index (κ3) is 6.16. The van der Waals surface area contributed by atoms with E-state index in [0.717, 1.165) is 39.1 Å². The summed E-state index contributed by atoms with van der Waals surface area (Å²) in [6, 6.07) is 33.0.